The largest absolute Gasteiger partial charge is 0.459 e. The molecule has 0 saturated heterocycles. The van der Waals surface area contributed by atoms with Crippen LogP contribution in [0.2, 0.25) is 0 Å². The lowest BCUT2D eigenvalue weighted by molar-refractivity contribution is -0.125. The quantitative estimate of drug-likeness (QED) is 0.623. The number of thiazole rings is 1. The van der Waals surface area contributed by atoms with Crippen molar-refractivity contribution in [1.82, 2.24) is 20.1 Å². The fourth-order valence-corrected chi connectivity index (χ4v) is 4.40. The second kappa shape index (κ2) is 8.23. The molecule has 30 heavy (non-hydrogen) atoms. The van der Waals surface area contributed by atoms with Crippen LogP contribution in [0.5, 0.6) is 0 Å². The Bertz CT molecular complexity index is 1100. The third-order valence-corrected chi connectivity index (χ3v) is 5.94. The summed E-state index contributed by atoms with van der Waals surface area (Å²) in [4.78, 5) is 42.1. The van der Waals surface area contributed by atoms with Gasteiger partial charge >= 0.3 is 0 Å². The Morgan fingerprint density at radius 3 is 2.87 bits per heavy atom. The number of nitrogens with one attached hydrogen (secondary N) is 2. The molecular weight excluding hydrogens is 406 g/mol. The van der Waals surface area contributed by atoms with Gasteiger partial charge in [-0.25, -0.2) is 4.98 Å². The third kappa shape index (κ3) is 4.18. The zero-order chi connectivity index (χ0) is 21.3. The highest BCUT2D eigenvalue weighted by Crippen LogP contribution is 2.32. The summed E-state index contributed by atoms with van der Waals surface area (Å²) in [6.45, 7) is 4.89. The molecule has 3 aromatic heterocycles. The van der Waals surface area contributed by atoms with E-state index in [1.165, 1.54) is 6.26 Å². The van der Waals surface area contributed by atoms with E-state index in [1.807, 2.05) is 24.6 Å². The number of hydrogen-bond acceptors (Lipinski definition) is 7. The predicted molar refractivity (Wildman–Crippen MR) is 110 cm³/mol. The van der Waals surface area contributed by atoms with Crippen molar-refractivity contribution < 1.29 is 18.8 Å². The summed E-state index contributed by atoms with van der Waals surface area (Å²) in [6, 6.07) is 5.14. The van der Waals surface area contributed by atoms with E-state index < -0.39 is 11.8 Å². The number of amides is 2. The van der Waals surface area contributed by atoms with Crippen LogP contribution in [0.4, 0.5) is 5.13 Å². The van der Waals surface area contributed by atoms with Gasteiger partial charge in [0.25, 0.3) is 5.91 Å². The average molecular weight is 427 g/mol. The van der Waals surface area contributed by atoms with Gasteiger partial charge in [0.1, 0.15) is 0 Å². The number of hydrogen-bond donors (Lipinski definition) is 2. The van der Waals surface area contributed by atoms with Gasteiger partial charge in [0.2, 0.25) is 5.91 Å². The standard InChI is InChI=1S/C20H21N5O4S/c1-11-8-12(2)25(24-11)6-5-21-18(27)13-9-14-17(15(26)10-13)30-20(22-14)23-19(28)16-4-3-7-29-16/h3-4,7-8,13H,5-6,9-10H2,1-2H3,(H,21,27)(H,22,23,28)/t13-/m1/s1. The Morgan fingerprint density at radius 1 is 1.33 bits per heavy atom. The van der Waals surface area contributed by atoms with Crippen molar-refractivity contribution in [3.05, 3.63) is 52.2 Å². The van der Waals surface area contributed by atoms with Crippen molar-refractivity contribution in [1.29, 1.82) is 0 Å². The first kappa shape index (κ1) is 20.0. The summed E-state index contributed by atoms with van der Waals surface area (Å²) < 4.78 is 6.90. The molecular formula is C20H21N5O4S. The van der Waals surface area contributed by atoms with E-state index in [0.717, 1.165) is 22.7 Å². The van der Waals surface area contributed by atoms with E-state index in [1.54, 1.807) is 12.1 Å². The molecule has 0 radical (unpaired) electrons. The van der Waals surface area contributed by atoms with E-state index in [4.69, 9.17) is 4.42 Å². The van der Waals surface area contributed by atoms with Crippen LogP contribution in [0.25, 0.3) is 0 Å². The number of furan rings is 1. The Labute approximate surface area is 176 Å². The molecule has 0 saturated carbocycles. The Balaban J connectivity index is 1.36. The van der Waals surface area contributed by atoms with Crippen LogP contribution in [0.3, 0.4) is 0 Å². The summed E-state index contributed by atoms with van der Waals surface area (Å²) in [5, 5.41) is 10.2. The number of aromatic nitrogens is 3. The zero-order valence-corrected chi connectivity index (χ0v) is 17.4. The molecule has 0 aliphatic heterocycles. The SMILES string of the molecule is Cc1cc(C)n(CCNC(=O)[C@H]2CC(=O)c3sc(NC(=O)c4ccco4)nc3C2)n1. The first-order chi connectivity index (χ1) is 14.4. The second-order valence-corrected chi connectivity index (χ2v) is 8.19. The van der Waals surface area contributed by atoms with Crippen molar-refractivity contribution in [2.24, 2.45) is 5.92 Å². The molecule has 3 heterocycles. The molecule has 0 unspecified atom stereocenters. The second-order valence-electron chi connectivity index (χ2n) is 7.20. The summed E-state index contributed by atoms with van der Waals surface area (Å²) >= 11 is 1.12. The van der Waals surface area contributed by atoms with Gasteiger partial charge in [0, 0.05) is 25.1 Å². The Morgan fingerprint density at radius 2 is 2.17 bits per heavy atom. The number of aryl methyl sites for hydroxylation is 2. The van der Waals surface area contributed by atoms with Crippen molar-refractivity contribution in [2.75, 3.05) is 11.9 Å². The summed E-state index contributed by atoms with van der Waals surface area (Å²) in [5.74, 6) is -1.05. The maximum absolute atomic E-state index is 12.6. The fraction of sp³-hybridized carbons (Fsp3) is 0.350. The maximum Gasteiger partial charge on any atom is 0.293 e. The van der Waals surface area contributed by atoms with Crippen LogP contribution in [-0.4, -0.2) is 38.9 Å². The van der Waals surface area contributed by atoms with E-state index >= 15 is 0 Å². The van der Waals surface area contributed by atoms with Gasteiger partial charge in [0.15, 0.2) is 16.7 Å². The highest BCUT2D eigenvalue weighted by atomic mass is 32.1. The summed E-state index contributed by atoms with van der Waals surface area (Å²) in [6.07, 6.45) is 1.90. The number of anilines is 1. The van der Waals surface area contributed by atoms with Gasteiger partial charge in [0.05, 0.1) is 35.0 Å². The molecule has 0 aromatic carbocycles. The van der Waals surface area contributed by atoms with Crippen molar-refractivity contribution in [3.8, 4) is 0 Å². The molecule has 0 fully saturated rings. The van der Waals surface area contributed by atoms with E-state index in [2.05, 4.69) is 20.7 Å². The molecule has 4 rings (SSSR count). The third-order valence-electron chi connectivity index (χ3n) is 4.88. The molecule has 9 nitrogen and oxygen atoms in total. The van der Waals surface area contributed by atoms with Gasteiger partial charge in [-0.1, -0.05) is 11.3 Å². The number of nitrogens with zero attached hydrogens (tertiary/aromatic N) is 3. The molecule has 1 atom stereocenters. The van der Waals surface area contributed by atoms with Gasteiger partial charge in [-0.2, -0.15) is 5.10 Å². The molecule has 2 N–H and O–H groups in total. The molecule has 1 aliphatic rings. The zero-order valence-electron chi connectivity index (χ0n) is 16.6. The van der Waals surface area contributed by atoms with E-state index in [0.29, 0.717) is 35.2 Å². The molecule has 3 aromatic rings. The van der Waals surface area contributed by atoms with E-state index in [9.17, 15) is 14.4 Å². The lowest BCUT2D eigenvalue weighted by Gasteiger charge is -2.19. The van der Waals surface area contributed by atoms with Crippen LogP contribution >= 0.6 is 11.3 Å². The highest BCUT2D eigenvalue weighted by Gasteiger charge is 2.33. The van der Waals surface area contributed by atoms with Gasteiger partial charge in [-0.15, -0.1) is 0 Å². The average Bonchev–Trinajstić information content (AvgIpc) is 3.42. The topological polar surface area (TPSA) is 119 Å². The van der Waals surface area contributed by atoms with Crippen LogP contribution in [0.1, 0.15) is 43.7 Å². The summed E-state index contributed by atoms with van der Waals surface area (Å²) in [5.41, 5.74) is 2.51. The molecule has 1 aliphatic carbocycles. The predicted octanol–water partition coefficient (Wildman–Crippen LogP) is 2.36. The minimum absolute atomic E-state index is 0.131. The number of rotatable bonds is 6. The first-order valence-electron chi connectivity index (χ1n) is 9.57. The summed E-state index contributed by atoms with van der Waals surface area (Å²) in [7, 11) is 0. The number of carbonyl (C=O) groups excluding carboxylic acids is 3. The van der Waals surface area contributed by atoms with Crippen molar-refractivity contribution >= 4 is 34.1 Å². The van der Waals surface area contributed by atoms with Crippen LogP contribution < -0.4 is 10.6 Å². The normalized spacial score (nSPS) is 15.7. The van der Waals surface area contributed by atoms with Gasteiger partial charge in [-0.05, 0) is 32.0 Å². The van der Waals surface area contributed by atoms with E-state index in [-0.39, 0.29) is 23.9 Å². The number of ketones is 1. The molecule has 0 spiro atoms. The van der Waals surface area contributed by atoms with Gasteiger partial charge in [-0.3, -0.25) is 24.4 Å². The van der Waals surface area contributed by atoms with Gasteiger partial charge < -0.3 is 9.73 Å². The van der Waals surface area contributed by atoms with Crippen LogP contribution in [0.15, 0.2) is 28.9 Å². The minimum Gasteiger partial charge on any atom is -0.459 e. The number of fused-ring (bicyclic) bond motifs is 1. The maximum atomic E-state index is 12.6. The monoisotopic (exact) mass is 427 g/mol. The van der Waals surface area contributed by atoms with Crippen LogP contribution in [0, 0.1) is 19.8 Å². The van der Waals surface area contributed by atoms with Crippen molar-refractivity contribution in [3.63, 3.8) is 0 Å². The minimum atomic E-state index is -0.471. The molecule has 0 bridgehead atoms. The molecule has 10 heteroatoms. The lowest BCUT2D eigenvalue weighted by atomic mass is 9.89. The highest BCUT2D eigenvalue weighted by molar-refractivity contribution is 7.17. The fourth-order valence-electron chi connectivity index (χ4n) is 3.47. The number of Topliss-reactive ketones (excluding diaryl/α,β-unsaturated/α-hetero) is 1. The molecule has 2 amide bonds. The molecule has 156 valence electrons. The smallest absolute Gasteiger partial charge is 0.293 e. The Hall–Kier alpha value is -3.27. The van der Waals surface area contributed by atoms with Crippen LogP contribution in [-0.2, 0) is 17.8 Å². The van der Waals surface area contributed by atoms with Crippen molar-refractivity contribution in [2.45, 2.75) is 33.2 Å². The lowest BCUT2D eigenvalue weighted by Crippen LogP contribution is -2.37. The Kier molecular flexibility index (Phi) is 5.49. The first-order valence-corrected chi connectivity index (χ1v) is 10.4. The number of carbonyl (C=O) groups is 3.